The van der Waals surface area contributed by atoms with Crippen LogP contribution in [0.1, 0.15) is 121 Å². The molecule has 0 aliphatic carbocycles. The number of hydrogen-bond acceptors (Lipinski definition) is 6. The van der Waals surface area contributed by atoms with Crippen LogP contribution in [0.5, 0.6) is 11.5 Å². The van der Waals surface area contributed by atoms with Crippen LogP contribution in [0, 0.1) is 5.92 Å². The van der Waals surface area contributed by atoms with E-state index in [2.05, 4.69) is 24.5 Å². The van der Waals surface area contributed by atoms with Crippen molar-refractivity contribution in [2.45, 2.75) is 129 Å². The number of aromatic hydroxyl groups is 2. The third-order valence-electron chi connectivity index (χ3n) is 8.52. The molecule has 6 heteroatoms. The van der Waals surface area contributed by atoms with E-state index in [1.807, 2.05) is 36.4 Å². The minimum atomic E-state index is 0.148. The van der Waals surface area contributed by atoms with Gasteiger partial charge in [0.15, 0.2) is 0 Å². The molecule has 0 aliphatic heterocycles. The zero-order valence-electron chi connectivity index (χ0n) is 28.0. The van der Waals surface area contributed by atoms with E-state index in [1.165, 1.54) is 77.0 Å². The Morgan fingerprint density at radius 2 is 1.09 bits per heavy atom. The van der Waals surface area contributed by atoms with Gasteiger partial charge in [-0.2, -0.15) is 0 Å². The first-order valence-corrected chi connectivity index (χ1v) is 17.8. The van der Waals surface area contributed by atoms with Gasteiger partial charge in [0.2, 0.25) is 0 Å². The molecule has 2 unspecified atom stereocenters. The summed E-state index contributed by atoms with van der Waals surface area (Å²) >= 11 is 0. The van der Waals surface area contributed by atoms with E-state index in [-0.39, 0.29) is 12.0 Å². The maximum atomic E-state index is 10.4. The standard InChI is InChI=1S/C38H64N2O4/c1-3-5-7-9-11-12-14-19-26-43-28-25-36(40-31-34-22-16-18-24-38(34)42)35(32-44-27-20-13-10-8-6-4-2)30-39-29-33-21-15-17-23-37(33)41/h15-18,21-24,35-36,39-42H,3-14,19-20,25-32H2,1-2H3. The number of rotatable bonds is 29. The molecule has 0 saturated carbocycles. The molecule has 4 N–H and O–H groups in total. The number of hydrogen-bond donors (Lipinski definition) is 4. The van der Waals surface area contributed by atoms with Crippen molar-refractivity contribution in [1.29, 1.82) is 0 Å². The summed E-state index contributed by atoms with van der Waals surface area (Å²) in [7, 11) is 0. The van der Waals surface area contributed by atoms with Crippen LogP contribution in [0.15, 0.2) is 48.5 Å². The average molecular weight is 613 g/mol. The second-order valence-corrected chi connectivity index (χ2v) is 12.4. The minimum Gasteiger partial charge on any atom is -0.508 e. The predicted molar refractivity (Wildman–Crippen MR) is 184 cm³/mol. The third kappa shape index (κ3) is 18.0. The lowest BCUT2D eigenvalue weighted by Crippen LogP contribution is -2.44. The molecule has 2 rings (SSSR count). The fourth-order valence-corrected chi connectivity index (χ4v) is 5.65. The first kappa shape index (κ1) is 38.1. The van der Waals surface area contributed by atoms with Gasteiger partial charge in [0.1, 0.15) is 11.5 Å². The van der Waals surface area contributed by atoms with Crippen molar-refractivity contribution < 1.29 is 19.7 Å². The largest absolute Gasteiger partial charge is 0.508 e. The Kier molecular flexibility index (Phi) is 22.6. The first-order valence-electron chi connectivity index (χ1n) is 17.8. The molecule has 0 bridgehead atoms. The maximum absolute atomic E-state index is 10.4. The number of para-hydroxylation sites is 2. The molecule has 0 amide bonds. The highest BCUT2D eigenvalue weighted by molar-refractivity contribution is 5.32. The molecule has 0 radical (unpaired) electrons. The van der Waals surface area contributed by atoms with E-state index in [9.17, 15) is 10.2 Å². The molecular formula is C38H64N2O4. The summed E-state index contributed by atoms with van der Waals surface area (Å²) in [5.74, 6) is 0.844. The Labute approximate surface area is 269 Å². The molecular weight excluding hydrogens is 548 g/mol. The van der Waals surface area contributed by atoms with Crippen molar-refractivity contribution in [3.8, 4) is 11.5 Å². The summed E-state index contributed by atoms with van der Waals surface area (Å²) < 4.78 is 12.4. The Balaban J connectivity index is 1.92. The lowest BCUT2D eigenvalue weighted by molar-refractivity contribution is 0.0659. The van der Waals surface area contributed by atoms with Gasteiger partial charge in [0, 0.05) is 62.5 Å². The van der Waals surface area contributed by atoms with Crippen molar-refractivity contribution >= 4 is 0 Å². The smallest absolute Gasteiger partial charge is 0.120 e. The monoisotopic (exact) mass is 612 g/mol. The van der Waals surface area contributed by atoms with Crippen LogP contribution in [0.25, 0.3) is 0 Å². The number of phenols is 2. The summed E-state index contributed by atoms with van der Waals surface area (Å²) in [6.45, 7) is 9.39. The fourth-order valence-electron chi connectivity index (χ4n) is 5.65. The van der Waals surface area contributed by atoms with E-state index in [0.717, 1.165) is 50.1 Å². The van der Waals surface area contributed by atoms with Gasteiger partial charge in [-0.25, -0.2) is 0 Å². The zero-order chi connectivity index (χ0) is 31.5. The van der Waals surface area contributed by atoms with Crippen LogP contribution in [-0.2, 0) is 22.6 Å². The topological polar surface area (TPSA) is 83.0 Å². The molecule has 250 valence electrons. The highest BCUT2D eigenvalue weighted by Gasteiger charge is 2.22. The molecule has 2 aromatic carbocycles. The van der Waals surface area contributed by atoms with E-state index >= 15 is 0 Å². The van der Waals surface area contributed by atoms with Gasteiger partial charge in [0.25, 0.3) is 0 Å². The van der Waals surface area contributed by atoms with Gasteiger partial charge in [-0.1, -0.05) is 127 Å². The van der Waals surface area contributed by atoms with Crippen molar-refractivity contribution in [2.24, 2.45) is 5.92 Å². The second kappa shape index (κ2) is 26.1. The molecule has 0 saturated heterocycles. The summed E-state index contributed by atoms with van der Waals surface area (Å²) in [5, 5.41) is 28.0. The summed E-state index contributed by atoms with van der Waals surface area (Å²) in [6, 6.07) is 15.2. The Bertz CT molecular complexity index is 941. The Morgan fingerprint density at radius 1 is 0.591 bits per heavy atom. The first-order chi connectivity index (χ1) is 21.7. The Hall–Kier alpha value is -2.12. The van der Waals surface area contributed by atoms with E-state index < -0.39 is 0 Å². The summed E-state index contributed by atoms with van der Waals surface area (Å²) in [4.78, 5) is 0. The molecule has 6 nitrogen and oxygen atoms in total. The molecule has 0 aromatic heterocycles. The molecule has 0 spiro atoms. The lowest BCUT2D eigenvalue weighted by atomic mass is 9.96. The molecule has 0 fully saturated rings. The van der Waals surface area contributed by atoms with Gasteiger partial charge in [-0.3, -0.25) is 0 Å². The number of benzene rings is 2. The van der Waals surface area contributed by atoms with Crippen molar-refractivity contribution in [1.82, 2.24) is 10.6 Å². The van der Waals surface area contributed by atoms with Crippen LogP contribution in [0.2, 0.25) is 0 Å². The molecule has 44 heavy (non-hydrogen) atoms. The van der Waals surface area contributed by atoms with Gasteiger partial charge >= 0.3 is 0 Å². The summed E-state index contributed by atoms with van der Waals surface area (Å²) in [5.41, 5.74) is 1.79. The molecule has 0 heterocycles. The Morgan fingerprint density at radius 3 is 1.66 bits per heavy atom. The predicted octanol–water partition coefficient (Wildman–Crippen LogP) is 8.89. The third-order valence-corrected chi connectivity index (χ3v) is 8.52. The summed E-state index contributed by atoms with van der Waals surface area (Å²) in [6.07, 6.45) is 18.8. The maximum Gasteiger partial charge on any atom is 0.120 e. The zero-order valence-corrected chi connectivity index (χ0v) is 28.0. The van der Waals surface area contributed by atoms with Crippen LogP contribution >= 0.6 is 0 Å². The van der Waals surface area contributed by atoms with Crippen LogP contribution in [0.3, 0.4) is 0 Å². The van der Waals surface area contributed by atoms with E-state index in [4.69, 9.17) is 9.47 Å². The van der Waals surface area contributed by atoms with Crippen LogP contribution in [0.4, 0.5) is 0 Å². The number of unbranched alkanes of at least 4 members (excludes halogenated alkanes) is 12. The highest BCUT2D eigenvalue weighted by atomic mass is 16.5. The number of phenolic OH excluding ortho intramolecular Hbond substituents is 2. The SMILES string of the molecule is CCCCCCCCCCOCCC(NCc1ccccc1O)C(CNCc1ccccc1O)COCCCCCCCC. The van der Waals surface area contributed by atoms with E-state index in [0.29, 0.717) is 37.8 Å². The number of ether oxygens (including phenoxy) is 2. The molecule has 0 aliphatic rings. The van der Waals surface area contributed by atoms with Gasteiger partial charge in [-0.15, -0.1) is 0 Å². The molecule has 2 atom stereocenters. The fraction of sp³-hybridized carbons (Fsp3) is 0.684. The lowest BCUT2D eigenvalue weighted by Gasteiger charge is -2.29. The van der Waals surface area contributed by atoms with Crippen molar-refractivity contribution in [2.75, 3.05) is 33.0 Å². The van der Waals surface area contributed by atoms with Crippen molar-refractivity contribution in [3.05, 3.63) is 59.7 Å². The van der Waals surface area contributed by atoms with Crippen LogP contribution < -0.4 is 10.6 Å². The second-order valence-electron chi connectivity index (χ2n) is 12.4. The molecule has 2 aromatic rings. The van der Waals surface area contributed by atoms with E-state index in [1.54, 1.807) is 12.1 Å². The average Bonchev–Trinajstić information content (AvgIpc) is 3.03. The van der Waals surface area contributed by atoms with Crippen molar-refractivity contribution in [3.63, 3.8) is 0 Å². The number of nitrogens with one attached hydrogen (secondary N) is 2. The van der Waals surface area contributed by atoms with Gasteiger partial charge < -0.3 is 30.3 Å². The highest BCUT2D eigenvalue weighted by Crippen LogP contribution is 2.19. The van der Waals surface area contributed by atoms with Gasteiger partial charge in [0.05, 0.1) is 6.61 Å². The quantitative estimate of drug-likeness (QED) is 0.0687. The van der Waals surface area contributed by atoms with Gasteiger partial charge in [-0.05, 0) is 31.4 Å². The van der Waals surface area contributed by atoms with Crippen LogP contribution in [-0.4, -0.2) is 49.2 Å². The minimum absolute atomic E-state index is 0.148. The normalized spacial score (nSPS) is 12.9.